The predicted octanol–water partition coefficient (Wildman–Crippen LogP) is 3.66. The Hall–Kier alpha value is -1.22. The van der Waals surface area contributed by atoms with E-state index >= 15 is 0 Å². The van der Waals surface area contributed by atoms with Gasteiger partial charge in [0, 0.05) is 6.04 Å². The molecule has 3 heteroatoms. The Labute approximate surface area is 129 Å². The highest BCUT2D eigenvalue weighted by atomic mass is 16.5. The minimum atomic E-state index is 0.691. The fraction of sp³-hybridized carbons (Fsp3) is 0.667. The Morgan fingerprint density at radius 3 is 2.48 bits per heavy atom. The van der Waals surface area contributed by atoms with Gasteiger partial charge in [-0.3, -0.25) is 0 Å². The molecule has 0 bridgehead atoms. The summed E-state index contributed by atoms with van der Waals surface area (Å²) in [5.74, 6) is 3.34. The van der Waals surface area contributed by atoms with Crippen molar-refractivity contribution in [1.82, 2.24) is 5.32 Å². The fourth-order valence-corrected chi connectivity index (χ4v) is 3.19. The van der Waals surface area contributed by atoms with Gasteiger partial charge in [-0.15, -0.1) is 0 Å². The van der Waals surface area contributed by atoms with Gasteiger partial charge in [0.1, 0.15) is 0 Å². The van der Waals surface area contributed by atoms with E-state index in [-0.39, 0.29) is 0 Å². The quantitative estimate of drug-likeness (QED) is 0.867. The van der Waals surface area contributed by atoms with Crippen LogP contribution in [0.5, 0.6) is 11.5 Å². The molecule has 3 unspecified atom stereocenters. The second-order valence-corrected chi connectivity index (χ2v) is 6.36. The molecule has 1 saturated carbocycles. The number of ether oxygens (including phenoxy) is 2. The first-order valence-corrected chi connectivity index (χ1v) is 8.08. The maximum absolute atomic E-state index is 5.35. The van der Waals surface area contributed by atoms with Crippen molar-refractivity contribution in [3.8, 4) is 11.5 Å². The summed E-state index contributed by atoms with van der Waals surface area (Å²) in [7, 11) is 3.36. The van der Waals surface area contributed by atoms with Crippen molar-refractivity contribution in [3.63, 3.8) is 0 Å². The highest BCUT2D eigenvalue weighted by Crippen LogP contribution is 2.30. The Bertz CT molecular complexity index is 447. The van der Waals surface area contributed by atoms with Crippen LogP contribution in [0, 0.1) is 11.8 Å². The first-order valence-electron chi connectivity index (χ1n) is 8.08. The molecule has 1 aromatic rings. The summed E-state index contributed by atoms with van der Waals surface area (Å²) in [4.78, 5) is 0. The normalized spacial score (nSPS) is 25.6. The summed E-state index contributed by atoms with van der Waals surface area (Å²) in [5, 5.41) is 3.72. The summed E-state index contributed by atoms with van der Waals surface area (Å²) in [6.07, 6.45) is 5.01. The third kappa shape index (κ3) is 4.37. The molecule has 1 N–H and O–H groups in total. The molecule has 0 heterocycles. The Morgan fingerprint density at radius 1 is 1.05 bits per heavy atom. The molecule has 1 aromatic carbocycles. The van der Waals surface area contributed by atoms with Gasteiger partial charge >= 0.3 is 0 Å². The zero-order valence-corrected chi connectivity index (χ0v) is 13.8. The van der Waals surface area contributed by atoms with Crippen LogP contribution in [-0.4, -0.2) is 26.8 Å². The smallest absolute Gasteiger partial charge is 0.160 e. The van der Waals surface area contributed by atoms with Crippen LogP contribution in [0.3, 0.4) is 0 Å². The van der Waals surface area contributed by atoms with E-state index in [1.54, 1.807) is 14.2 Å². The number of benzene rings is 1. The Balaban J connectivity index is 1.81. The molecule has 3 atom stereocenters. The molecule has 0 spiro atoms. The van der Waals surface area contributed by atoms with E-state index in [1.807, 2.05) is 6.07 Å². The van der Waals surface area contributed by atoms with Gasteiger partial charge in [0.2, 0.25) is 0 Å². The second kappa shape index (κ2) is 7.69. The van der Waals surface area contributed by atoms with Crippen LogP contribution >= 0.6 is 0 Å². The zero-order valence-electron chi connectivity index (χ0n) is 13.8. The van der Waals surface area contributed by atoms with Crippen molar-refractivity contribution in [2.75, 3.05) is 20.8 Å². The van der Waals surface area contributed by atoms with E-state index in [9.17, 15) is 0 Å². The number of methoxy groups -OCH3 is 2. The largest absolute Gasteiger partial charge is 0.493 e. The van der Waals surface area contributed by atoms with Crippen molar-refractivity contribution in [3.05, 3.63) is 23.8 Å². The van der Waals surface area contributed by atoms with Gasteiger partial charge in [0.05, 0.1) is 14.2 Å². The van der Waals surface area contributed by atoms with Crippen LogP contribution in [0.15, 0.2) is 18.2 Å². The topological polar surface area (TPSA) is 30.5 Å². The monoisotopic (exact) mass is 291 g/mol. The van der Waals surface area contributed by atoms with E-state index in [0.717, 1.165) is 36.3 Å². The lowest BCUT2D eigenvalue weighted by atomic mass is 9.79. The number of hydrogen-bond donors (Lipinski definition) is 1. The molecule has 0 saturated heterocycles. The molecular weight excluding hydrogens is 262 g/mol. The van der Waals surface area contributed by atoms with Crippen molar-refractivity contribution in [2.45, 2.75) is 45.6 Å². The van der Waals surface area contributed by atoms with Gasteiger partial charge in [-0.05, 0) is 61.8 Å². The van der Waals surface area contributed by atoms with Crippen molar-refractivity contribution < 1.29 is 9.47 Å². The number of nitrogens with one attached hydrogen (secondary N) is 1. The van der Waals surface area contributed by atoms with Crippen molar-refractivity contribution in [2.24, 2.45) is 11.8 Å². The van der Waals surface area contributed by atoms with Gasteiger partial charge in [-0.2, -0.15) is 0 Å². The van der Waals surface area contributed by atoms with E-state index < -0.39 is 0 Å². The minimum absolute atomic E-state index is 0.691. The lowest BCUT2D eigenvalue weighted by molar-refractivity contribution is 0.227. The summed E-state index contributed by atoms with van der Waals surface area (Å²) < 4.78 is 10.6. The summed E-state index contributed by atoms with van der Waals surface area (Å²) in [5.41, 5.74) is 1.29. The molecule has 1 aliphatic rings. The third-order valence-corrected chi connectivity index (χ3v) is 4.89. The first-order chi connectivity index (χ1) is 10.1. The molecule has 21 heavy (non-hydrogen) atoms. The lowest BCUT2D eigenvalue weighted by Crippen LogP contribution is -2.37. The van der Waals surface area contributed by atoms with Gasteiger partial charge in [0.15, 0.2) is 11.5 Å². The van der Waals surface area contributed by atoms with Crippen LogP contribution in [-0.2, 0) is 6.42 Å². The summed E-state index contributed by atoms with van der Waals surface area (Å²) >= 11 is 0. The Kier molecular flexibility index (Phi) is 5.92. The molecular formula is C18H29NO2. The van der Waals surface area contributed by atoms with E-state index in [0.29, 0.717) is 6.04 Å². The number of rotatable bonds is 6. The van der Waals surface area contributed by atoms with E-state index in [2.05, 4.69) is 31.3 Å². The average Bonchev–Trinajstić information content (AvgIpc) is 2.50. The lowest BCUT2D eigenvalue weighted by Gasteiger charge is -2.32. The molecule has 3 nitrogen and oxygen atoms in total. The third-order valence-electron chi connectivity index (χ3n) is 4.89. The van der Waals surface area contributed by atoms with Crippen LogP contribution < -0.4 is 14.8 Å². The maximum atomic E-state index is 5.35. The van der Waals surface area contributed by atoms with Crippen LogP contribution in [0.1, 0.15) is 38.7 Å². The molecule has 0 amide bonds. The SMILES string of the molecule is COc1ccc(CCNC2CCC(C)C(C)C2)cc1OC. The summed E-state index contributed by atoms with van der Waals surface area (Å²) in [6.45, 7) is 5.79. The maximum Gasteiger partial charge on any atom is 0.160 e. The molecule has 0 radical (unpaired) electrons. The zero-order chi connectivity index (χ0) is 15.2. The molecule has 2 rings (SSSR count). The molecule has 0 aliphatic heterocycles. The van der Waals surface area contributed by atoms with Gasteiger partial charge in [-0.25, -0.2) is 0 Å². The molecule has 118 valence electrons. The van der Waals surface area contributed by atoms with Gasteiger partial charge in [-0.1, -0.05) is 19.9 Å². The first kappa shape index (κ1) is 16.2. The average molecular weight is 291 g/mol. The standard InChI is InChI=1S/C18H29NO2/c1-13-5-7-16(11-14(13)2)19-10-9-15-6-8-17(20-3)18(12-15)21-4/h6,8,12-14,16,19H,5,7,9-11H2,1-4H3. The van der Waals surface area contributed by atoms with Gasteiger partial charge < -0.3 is 14.8 Å². The highest BCUT2D eigenvalue weighted by Gasteiger charge is 2.23. The predicted molar refractivity (Wildman–Crippen MR) is 87.2 cm³/mol. The fourth-order valence-electron chi connectivity index (χ4n) is 3.19. The summed E-state index contributed by atoms with van der Waals surface area (Å²) in [6, 6.07) is 6.87. The minimum Gasteiger partial charge on any atom is -0.493 e. The van der Waals surface area contributed by atoms with Crippen LogP contribution in [0.4, 0.5) is 0 Å². The van der Waals surface area contributed by atoms with Gasteiger partial charge in [0.25, 0.3) is 0 Å². The van der Waals surface area contributed by atoms with E-state index in [1.165, 1.54) is 24.8 Å². The van der Waals surface area contributed by atoms with Crippen molar-refractivity contribution >= 4 is 0 Å². The second-order valence-electron chi connectivity index (χ2n) is 6.36. The number of hydrogen-bond acceptors (Lipinski definition) is 3. The highest BCUT2D eigenvalue weighted by molar-refractivity contribution is 5.42. The molecule has 0 aromatic heterocycles. The molecule has 1 aliphatic carbocycles. The van der Waals surface area contributed by atoms with Crippen molar-refractivity contribution in [1.29, 1.82) is 0 Å². The molecule has 1 fully saturated rings. The Morgan fingerprint density at radius 2 is 1.81 bits per heavy atom. The van der Waals surface area contributed by atoms with Crippen LogP contribution in [0.2, 0.25) is 0 Å². The van der Waals surface area contributed by atoms with E-state index in [4.69, 9.17) is 9.47 Å². The van der Waals surface area contributed by atoms with Crippen LogP contribution in [0.25, 0.3) is 0 Å².